The highest BCUT2D eigenvalue weighted by Crippen LogP contribution is 2.24. The molecule has 1 aliphatic rings. The number of rotatable bonds is 4. The third kappa shape index (κ3) is 6.43. The van der Waals surface area contributed by atoms with E-state index >= 15 is 0 Å². The lowest BCUT2D eigenvalue weighted by Gasteiger charge is -2.15. The minimum absolute atomic E-state index is 0.0864. The van der Waals surface area contributed by atoms with E-state index in [0.717, 1.165) is 5.56 Å². The van der Waals surface area contributed by atoms with Crippen molar-refractivity contribution in [1.29, 1.82) is 0 Å². The molecule has 0 bridgehead atoms. The highest BCUT2D eigenvalue weighted by molar-refractivity contribution is 6.01. The molecule has 0 spiro atoms. The van der Waals surface area contributed by atoms with Gasteiger partial charge in [0.1, 0.15) is 34.7 Å². The normalized spacial score (nSPS) is 15.1. The standard InChI is InChI=1S/C27H24FN3O4/c1-27(2,34)13-11-17-3-4-18-5-10-22(25(32)31-23(18)15-17)30-26(33)24-16-21(12-14-29-24)35-20-8-6-19(28)7-9-20/h3-4,6-9,12,14-16,22,34H,5,10H2,1-2H3,(H,30,33)(H,31,32)/t22-/m0/s1. The van der Waals surface area contributed by atoms with Gasteiger partial charge in [-0.3, -0.25) is 14.6 Å². The Labute approximate surface area is 202 Å². The van der Waals surface area contributed by atoms with Gasteiger partial charge in [-0.2, -0.15) is 0 Å². The number of aliphatic hydroxyl groups is 1. The van der Waals surface area contributed by atoms with Crippen LogP contribution in [-0.4, -0.2) is 33.5 Å². The lowest BCUT2D eigenvalue weighted by molar-refractivity contribution is -0.118. The molecule has 4 rings (SSSR count). The summed E-state index contributed by atoms with van der Waals surface area (Å²) in [5.74, 6) is 5.18. The van der Waals surface area contributed by atoms with Crippen LogP contribution in [0.4, 0.5) is 10.1 Å². The Morgan fingerprint density at radius 2 is 1.94 bits per heavy atom. The van der Waals surface area contributed by atoms with Crippen LogP contribution in [0.25, 0.3) is 0 Å². The largest absolute Gasteiger partial charge is 0.457 e. The summed E-state index contributed by atoms with van der Waals surface area (Å²) in [6.45, 7) is 3.19. The van der Waals surface area contributed by atoms with Gasteiger partial charge in [-0.1, -0.05) is 17.9 Å². The van der Waals surface area contributed by atoms with Crippen LogP contribution in [0, 0.1) is 17.7 Å². The van der Waals surface area contributed by atoms with E-state index in [1.54, 1.807) is 26.0 Å². The molecule has 0 unspecified atom stereocenters. The van der Waals surface area contributed by atoms with Crippen molar-refractivity contribution in [3.8, 4) is 23.3 Å². The number of carbonyl (C=O) groups is 2. The average Bonchev–Trinajstić information content (AvgIpc) is 2.97. The van der Waals surface area contributed by atoms with Gasteiger partial charge < -0.3 is 20.5 Å². The van der Waals surface area contributed by atoms with Crippen LogP contribution >= 0.6 is 0 Å². The number of anilines is 1. The smallest absolute Gasteiger partial charge is 0.270 e. The summed E-state index contributed by atoms with van der Waals surface area (Å²) < 4.78 is 18.8. The zero-order valence-corrected chi connectivity index (χ0v) is 19.3. The molecular weight excluding hydrogens is 449 g/mol. The predicted octanol–water partition coefficient (Wildman–Crippen LogP) is 3.82. The van der Waals surface area contributed by atoms with Crippen LogP contribution < -0.4 is 15.4 Å². The van der Waals surface area contributed by atoms with E-state index in [1.807, 2.05) is 12.1 Å². The first-order valence-electron chi connectivity index (χ1n) is 11.1. The first kappa shape index (κ1) is 23.9. The van der Waals surface area contributed by atoms with Gasteiger partial charge in [0.2, 0.25) is 5.91 Å². The molecule has 0 aliphatic carbocycles. The first-order valence-corrected chi connectivity index (χ1v) is 11.1. The molecule has 0 fully saturated rings. The van der Waals surface area contributed by atoms with E-state index in [0.29, 0.717) is 35.6 Å². The maximum Gasteiger partial charge on any atom is 0.270 e. The number of carbonyl (C=O) groups excluding carboxylic acids is 2. The summed E-state index contributed by atoms with van der Waals surface area (Å²) in [6, 6.07) is 13.2. The molecule has 7 nitrogen and oxygen atoms in total. The molecular formula is C27H24FN3O4. The highest BCUT2D eigenvalue weighted by atomic mass is 19.1. The molecule has 0 saturated carbocycles. The van der Waals surface area contributed by atoms with Crippen LogP contribution in [0.2, 0.25) is 0 Å². The number of hydrogen-bond donors (Lipinski definition) is 3. The molecule has 0 saturated heterocycles. The number of pyridine rings is 1. The minimum atomic E-state index is -1.12. The maximum absolute atomic E-state index is 13.1. The molecule has 3 aromatic rings. The molecule has 2 heterocycles. The second-order valence-electron chi connectivity index (χ2n) is 8.67. The fourth-order valence-electron chi connectivity index (χ4n) is 3.47. The topological polar surface area (TPSA) is 101 Å². The van der Waals surface area contributed by atoms with E-state index < -0.39 is 17.6 Å². The molecule has 1 atom stereocenters. The van der Waals surface area contributed by atoms with Crippen molar-refractivity contribution in [2.24, 2.45) is 0 Å². The predicted molar refractivity (Wildman–Crippen MR) is 129 cm³/mol. The number of aryl methyl sites for hydroxylation is 1. The van der Waals surface area contributed by atoms with Crippen molar-refractivity contribution in [3.63, 3.8) is 0 Å². The van der Waals surface area contributed by atoms with E-state index in [9.17, 15) is 19.1 Å². The fourth-order valence-corrected chi connectivity index (χ4v) is 3.47. The average molecular weight is 474 g/mol. The van der Waals surface area contributed by atoms with Crippen LogP contribution in [0.15, 0.2) is 60.8 Å². The number of fused-ring (bicyclic) bond motifs is 1. The van der Waals surface area contributed by atoms with Crippen molar-refractivity contribution in [1.82, 2.24) is 10.3 Å². The minimum Gasteiger partial charge on any atom is -0.457 e. The van der Waals surface area contributed by atoms with Crippen LogP contribution in [0.1, 0.15) is 41.9 Å². The van der Waals surface area contributed by atoms with Gasteiger partial charge in [-0.15, -0.1) is 0 Å². The van der Waals surface area contributed by atoms with Crippen molar-refractivity contribution < 1.29 is 23.8 Å². The molecule has 2 amide bonds. The van der Waals surface area contributed by atoms with Crippen molar-refractivity contribution in [2.75, 3.05) is 5.32 Å². The van der Waals surface area contributed by atoms with Gasteiger partial charge in [0.15, 0.2) is 0 Å². The van der Waals surface area contributed by atoms with E-state index in [2.05, 4.69) is 27.5 Å². The van der Waals surface area contributed by atoms with Crippen molar-refractivity contribution in [2.45, 2.75) is 38.3 Å². The SMILES string of the molecule is CC(C)(O)C#Cc1ccc2c(c1)NC(=O)[C@@H](NC(=O)c1cc(Oc3ccc(F)cc3)ccn1)CC2. The number of halogens is 1. The van der Waals surface area contributed by atoms with Crippen LogP contribution in [0.5, 0.6) is 11.5 Å². The van der Waals surface area contributed by atoms with Crippen LogP contribution in [-0.2, 0) is 11.2 Å². The quantitative estimate of drug-likeness (QED) is 0.500. The lowest BCUT2D eigenvalue weighted by atomic mass is 10.0. The Hall–Kier alpha value is -4.22. The van der Waals surface area contributed by atoms with E-state index in [4.69, 9.17) is 4.74 Å². The summed E-state index contributed by atoms with van der Waals surface area (Å²) in [6.07, 6.45) is 2.40. The highest BCUT2D eigenvalue weighted by Gasteiger charge is 2.26. The van der Waals surface area contributed by atoms with Gasteiger partial charge in [0.05, 0.1) is 0 Å². The van der Waals surface area contributed by atoms with E-state index in [1.165, 1.54) is 36.5 Å². The molecule has 8 heteroatoms. The van der Waals surface area contributed by atoms with Gasteiger partial charge in [0.25, 0.3) is 5.91 Å². The Bertz CT molecular complexity index is 1320. The van der Waals surface area contributed by atoms with Gasteiger partial charge >= 0.3 is 0 Å². The summed E-state index contributed by atoms with van der Waals surface area (Å²) in [7, 11) is 0. The molecule has 0 radical (unpaired) electrons. The molecule has 2 aromatic carbocycles. The lowest BCUT2D eigenvalue weighted by Crippen LogP contribution is -2.43. The summed E-state index contributed by atoms with van der Waals surface area (Å²) in [5, 5.41) is 15.4. The van der Waals surface area contributed by atoms with Gasteiger partial charge in [0, 0.05) is 23.5 Å². The number of amides is 2. The Morgan fingerprint density at radius 3 is 2.69 bits per heavy atom. The number of nitrogens with one attached hydrogen (secondary N) is 2. The van der Waals surface area contributed by atoms with Crippen molar-refractivity contribution >= 4 is 17.5 Å². The van der Waals surface area contributed by atoms with E-state index in [-0.39, 0.29) is 17.4 Å². The number of hydrogen-bond acceptors (Lipinski definition) is 5. The summed E-state index contributed by atoms with van der Waals surface area (Å²) in [5.41, 5.74) is 1.18. The number of aromatic nitrogens is 1. The molecule has 1 aliphatic heterocycles. The summed E-state index contributed by atoms with van der Waals surface area (Å²) in [4.78, 5) is 29.7. The summed E-state index contributed by atoms with van der Waals surface area (Å²) >= 11 is 0. The molecule has 1 aromatic heterocycles. The first-order chi connectivity index (χ1) is 16.7. The second-order valence-corrected chi connectivity index (χ2v) is 8.67. The number of benzene rings is 2. The zero-order valence-electron chi connectivity index (χ0n) is 19.3. The van der Waals surface area contributed by atoms with Crippen LogP contribution in [0.3, 0.4) is 0 Å². The Kier molecular flexibility index (Phi) is 6.80. The fraction of sp³-hybridized carbons (Fsp3) is 0.222. The third-order valence-corrected chi connectivity index (χ3v) is 5.22. The number of ether oxygens (including phenoxy) is 1. The second kappa shape index (κ2) is 9.95. The Morgan fingerprint density at radius 1 is 1.17 bits per heavy atom. The van der Waals surface area contributed by atoms with Gasteiger partial charge in [-0.05, 0) is 74.7 Å². The molecule has 35 heavy (non-hydrogen) atoms. The monoisotopic (exact) mass is 473 g/mol. The van der Waals surface area contributed by atoms with Crippen molar-refractivity contribution in [3.05, 3.63) is 83.4 Å². The molecule has 3 N–H and O–H groups in total. The molecule has 178 valence electrons. The Balaban J connectivity index is 1.44. The maximum atomic E-state index is 13.1. The third-order valence-electron chi connectivity index (χ3n) is 5.22. The number of nitrogens with zero attached hydrogens (tertiary/aromatic N) is 1. The van der Waals surface area contributed by atoms with Gasteiger partial charge in [-0.25, -0.2) is 4.39 Å². The zero-order chi connectivity index (χ0) is 25.0.